The van der Waals surface area contributed by atoms with E-state index in [1.165, 1.54) is 0 Å². The van der Waals surface area contributed by atoms with E-state index in [0.717, 1.165) is 5.69 Å². The Morgan fingerprint density at radius 1 is 1.55 bits per heavy atom. The average Bonchev–Trinajstić information content (AvgIpc) is 2.06. The van der Waals surface area contributed by atoms with Crippen molar-refractivity contribution in [2.45, 2.75) is 13.0 Å². The highest BCUT2D eigenvalue weighted by molar-refractivity contribution is 5.42. The van der Waals surface area contributed by atoms with Crippen molar-refractivity contribution < 1.29 is 0 Å². The van der Waals surface area contributed by atoms with Gasteiger partial charge in [0, 0.05) is 18.1 Å². The van der Waals surface area contributed by atoms with Gasteiger partial charge in [-0.15, -0.1) is 0 Å². The van der Waals surface area contributed by atoms with Crippen molar-refractivity contribution in [1.29, 1.82) is 5.26 Å². The Morgan fingerprint density at radius 2 is 2.18 bits per heavy atom. The minimum absolute atomic E-state index is 0.155. The molecule has 1 rings (SSSR count). The maximum atomic E-state index is 8.47. The van der Waals surface area contributed by atoms with E-state index in [0.29, 0.717) is 0 Å². The van der Waals surface area contributed by atoms with Crippen LogP contribution in [-0.4, -0.2) is 11.0 Å². The zero-order valence-electron chi connectivity index (χ0n) is 6.28. The minimum Gasteiger partial charge on any atom is -0.370 e. The summed E-state index contributed by atoms with van der Waals surface area (Å²) in [6.07, 6.45) is 3.37. The molecule has 0 bridgehead atoms. The first kappa shape index (κ1) is 7.55. The molecule has 3 heteroatoms. The molecule has 1 aromatic heterocycles. The van der Waals surface area contributed by atoms with E-state index in [2.05, 4.69) is 16.4 Å². The zero-order chi connectivity index (χ0) is 8.10. The molecule has 0 aromatic carbocycles. The van der Waals surface area contributed by atoms with Crippen LogP contribution in [0.25, 0.3) is 0 Å². The van der Waals surface area contributed by atoms with Gasteiger partial charge in [0.2, 0.25) is 0 Å². The van der Waals surface area contributed by atoms with E-state index in [4.69, 9.17) is 5.26 Å². The van der Waals surface area contributed by atoms with Gasteiger partial charge in [0.15, 0.2) is 0 Å². The summed E-state index contributed by atoms with van der Waals surface area (Å²) >= 11 is 0. The van der Waals surface area contributed by atoms with E-state index >= 15 is 0 Å². The lowest BCUT2D eigenvalue weighted by molar-refractivity contribution is 1.01. The van der Waals surface area contributed by atoms with Gasteiger partial charge in [-0.25, -0.2) is 0 Å². The number of pyridine rings is 1. The summed E-state index contributed by atoms with van der Waals surface area (Å²) in [6, 6.07) is 5.58. The van der Waals surface area contributed by atoms with Gasteiger partial charge >= 0.3 is 0 Å². The molecule has 1 N–H and O–H groups in total. The van der Waals surface area contributed by atoms with Crippen LogP contribution < -0.4 is 5.32 Å². The summed E-state index contributed by atoms with van der Waals surface area (Å²) < 4.78 is 0. The standard InChI is InChI=1S/C8H9N3/c1-7(6-9)11-8-2-4-10-5-3-8/h2-5,7H,1H3,(H,10,11). The highest BCUT2D eigenvalue weighted by atomic mass is 14.9. The second kappa shape index (κ2) is 3.57. The lowest BCUT2D eigenvalue weighted by atomic mass is 10.3. The molecule has 1 heterocycles. The molecule has 0 spiro atoms. The van der Waals surface area contributed by atoms with Crippen molar-refractivity contribution in [2.24, 2.45) is 0 Å². The lowest BCUT2D eigenvalue weighted by Crippen LogP contribution is -2.11. The predicted octanol–water partition coefficient (Wildman–Crippen LogP) is 1.41. The molecule has 0 aliphatic heterocycles. The van der Waals surface area contributed by atoms with Crippen LogP contribution in [0.4, 0.5) is 5.69 Å². The third kappa shape index (κ3) is 2.26. The summed E-state index contributed by atoms with van der Waals surface area (Å²) in [7, 11) is 0. The first-order valence-electron chi connectivity index (χ1n) is 3.39. The summed E-state index contributed by atoms with van der Waals surface area (Å²) in [5.41, 5.74) is 0.925. The molecule has 1 unspecified atom stereocenters. The molecule has 11 heavy (non-hydrogen) atoms. The number of aromatic nitrogens is 1. The molecular formula is C8H9N3. The van der Waals surface area contributed by atoms with Gasteiger partial charge in [0.1, 0.15) is 6.04 Å². The fourth-order valence-electron chi connectivity index (χ4n) is 0.730. The predicted molar refractivity (Wildman–Crippen MR) is 42.9 cm³/mol. The lowest BCUT2D eigenvalue weighted by Gasteiger charge is -2.05. The number of hydrogen-bond donors (Lipinski definition) is 1. The van der Waals surface area contributed by atoms with Crippen LogP contribution in [0, 0.1) is 11.3 Å². The minimum atomic E-state index is -0.155. The Morgan fingerprint density at radius 3 is 2.73 bits per heavy atom. The van der Waals surface area contributed by atoms with Gasteiger partial charge < -0.3 is 5.32 Å². The molecule has 0 saturated heterocycles. The van der Waals surface area contributed by atoms with Gasteiger partial charge in [-0.1, -0.05) is 0 Å². The second-order valence-electron chi connectivity index (χ2n) is 2.23. The number of anilines is 1. The summed E-state index contributed by atoms with van der Waals surface area (Å²) in [5.74, 6) is 0. The number of nitrogens with zero attached hydrogens (tertiary/aromatic N) is 2. The molecule has 1 aromatic rings. The molecule has 3 nitrogen and oxygen atoms in total. The van der Waals surface area contributed by atoms with Gasteiger partial charge in [0.05, 0.1) is 6.07 Å². The normalized spacial score (nSPS) is 11.6. The third-order valence-corrected chi connectivity index (χ3v) is 1.26. The fourth-order valence-corrected chi connectivity index (χ4v) is 0.730. The summed E-state index contributed by atoms with van der Waals surface area (Å²) in [4.78, 5) is 3.86. The monoisotopic (exact) mass is 147 g/mol. The quantitative estimate of drug-likeness (QED) is 0.688. The van der Waals surface area contributed by atoms with Crippen LogP contribution in [0.5, 0.6) is 0 Å². The molecule has 0 amide bonds. The van der Waals surface area contributed by atoms with E-state index in [9.17, 15) is 0 Å². The van der Waals surface area contributed by atoms with Crippen molar-refractivity contribution in [3.63, 3.8) is 0 Å². The Labute approximate surface area is 65.7 Å². The molecule has 0 aliphatic carbocycles. The van der Waals surface area contributed by atoms with Gasteiger partial charge in [-0.3, -0.25) is 4.98 Å². The molecule has 0 radical (unpaired) electrons. The molecule has 56 valence electrons. The topological polar surface area (TPSA) is 48.7 Å². The Bertz CT molecular complexity index is 250. The average molecular weight is 147 g/mol. The summed E-state index contributed by atoms with van der Waals surface area (Å²) in [5, 5.41) is 11.5. The van der Waals surface area contributed by atoms with Crippen molar-refractivity contribution in [2.75, 3.05) is 5.32 Å². The van der Waals surface area contributed by atoms with Crippen molar-refractivity contribution in [3.05, 3.63) is 24.5 Å². The van der Waals surface area contributed by atoms with E-state index in [1.807, 2.05) is 12.1 Å². The third-order valence-electron chi connectivity index (χ3n) is 1.26. The van der Waals surface area contributed by atoms with Gasteiger partial charge in [-0.2, -0.15) is 5.26 Å². The Hall–Kier alpha value is -1.56. The molecule has 0 aliphatic rings. The van der Waals surface area contributed by atoms with Crippen LogP contribution in [0.2, 0.25) is 0 Å². The van der Waals surface area contributed by atoms with E-state index in [1.54, 1.807) is 19.3 Å². The van der Waals surface area contributed by atoms with Crippen molar-refractivity contribution in [1.82, 2.24) is 4.98 Å². The van der Waals surface area contributed by atoms with Crippen LogP contribution in [0.1, 0.15) is 6.92 Å². The van der Waals surface area contributed by atoms with Gasteiger partial charge in [-0.05, 0) is 19.1 Å². The number of nitrogens with one attached hydrogen (secondary N) is 1. The Kier molecular flexibility index (Phi) is 2.45. The smallest absolute Gasteiger partial charge is 0.111 e. The fraction of sp³-hybridized carbons (Fsp3) is 0.250. The highest BCUT2D eigenvalue weighted by Crippen LogP contribution is 2.04. The first-order valence-corrected chi connectivity index (χ1v) is 3.39. The Balaban J connectivity index is 2.60. The second-order valence-corrected chi connectivity index (χ2v) is 2.23. The highest BCUT2D eigenvalue weighted by Gasteiger charge is 1.96. The maximum absolute atomic E-state index is 8.47. The van der Waals surface area contributed by atoms with Crippen LogP contribution in [0.15, 0.2) is 24.5 Å². The largest absolute Gasteiger partial charge is 0.370 e. The van der Waals surface area contributed by atoms with Crippen molar-refractivity contribution >= 4 is 5.69 Å². The van der Waals surface area contributed by atoms with Crippen molar-refractivity contribution in [3.8, 4) is 6.07 Å². The van der Waals surface area contributed by atoms with Gasteiger partial charge in [0.25, 0.3) is 0 Å². The number of nitriles is 1. The first-order chi connectivity index (χ1) is 5.33. The van der Waals surface area contributed by atoms with Crippen LogP contribution in [0.3, 0.4) is 0 Å². The van der Waals surface area contributed by atoms with E-state index in [-0.39, 0.29) is 6.04 Å². The molecule has 0 saturated carbocycles. The van der Waals surface area contributed by atoms with Crippen LogP contribution >= 0.6 is 0 Å². The maximum Gasteiger partial charge on any atom is 0.111 e. The molecular weight excluding hydrogens is 138 g/mol. The zero-order valence-corrected chi connectivity index (χ0v) is 6.28. The van der Waals surface area contributed by atoms with Crippen LogP contribution in [-0.2, 0) is 0 Å². The molecule has 0 fully saturated rings. The number of rotatable bonds is 2. The number of hydrogen-bond acceptors (Lipinski definition) is 3. The summed E-state index contributed by atoms with van der Waals surface area (Å²) in [6.45, 7) is 1.81. The van der Waals surface area contributed by atoms with E-state index < -0.39 is 0 Å². The molecule has 1 atom stereocenters. The SMILES string of the molecule is CC(C#N)Nc1ccncc1.